The Morgan fingerprint density at radius 2 is 1.91 bits per heavy atom. The largest absolute Gasteiger partial charge is 0.435 e. The minimum absolute atomic E-state index is 0.0208. The molecule has 1 amide bonds. The van der Waals surface area contributed by atoms with E-state index in [0.717, 1.165) is 31.2 Å². The molecular formula is C25H34N2O7. The summed E-state index contributed by atoms with van der Waals surface area (Å²) >= 11 is 0. The summed E-state index contributed by atoms with van der Waals surface area (Å²) in [6, 6.07) is 3.66. The highest BCUT2D eigenvalue weighted by Crippen LogP contribution is 2.60. The first-order chi connectivity index (χ1) is 16.3. The molecule has 1 aromatic heterocycles. The number of aromatic nitrogens is 1. The number of nitrogens with one attached hydrogen (secondary N) is 1. The van der Waals surface area contributed by atoms with Crippen LogP contribution in [-0.2, 0) is 40.1 Å². The topological polar surface area (TPSA) is 105 Å². The van der Waals surface area contributed by atoms with Gasteiger partial charge in [-0.05, 0) is 55.7 Å². The maximum absolute atomic E-state index is 12.6. The smallest absolute Gasteiger partial charge is 0.308 e. The summed E-state index contributed by atoms with van der Waals surface area (Å²) in [7, 11) is 0. The van der Waals surface area contributed by atoms with Crippen molar-refractivity contribution in [1.29, 1.82) is 0 Å². The number of ether oxygens (including phenoxy) is 3. The van der Waals surface area contributed by atoms with Crippen molar-refractivity contribution in [3.05, 3.63) is 30.1 Å². The van der Waals surface area contributed by atoms with Gasteiger partial charge in [-0.15, -0.1) is 0 Å². The molecule has 1 aliphatic carbocycles. The van der Waals surface area contributed by atoms with Crippen LogP contribution in [0.15, 0.2) is 24.5 Å². The number of hydrogen-bond donors (Lipinski definition) is 1. The molecule has 4 aliphatic heterocycles. The van der Waals surface area contributed by atoms with Crippen molar-refractivity contribution in [2.45, 2.75) is 89.8 Å². The molecule has 186 valence electrons. The fourth-order valence-electron chi connectivity index (χ4n) is 6.20. The number of pyridine rings is 1. The van der Waals surface area contributed by atoms with E-state index in [4.69, 9.17) is 24.0 Å². The van der Waals surface area contributed by atoms with Crippen molar-refractivity contribution in [1.82, 2.24) is 10.3 Å². The second-order valence-electron chi connectivity index (χ2n) is 10.4. The maximum Gasteiger partial charge on any atom is 0.308 e. The number of nitrogens with zero attached hydrogens (tertiary/aromatic N) is 1. The van der Waals surface area contributed by atoms with Crippen LogP contribution in [0.4, 0.5) is 0 Å². The lowest BCUT2D eigenvalue weighted by molar-refractivity contribution is -0.576. The van der Waals surface area contributed by atoms with E-state index in [1.54, 1.807) is 12.4 Å². The maximum atomic E-state index is 12.6. The van der Waals surface area contributed by atoms with Crippen LogP contribution in [0.1, 0.15) is 64.9 Å². The van der Waals surface area contributed by atoms with Gasteiger partial charge in [0.15, 0.2) is 11.9 Å². The first-order valence-corrected chi connectivity index (χ1v) is 12.4. The molecule has 1 saturated carbocycles. The fourth-order valence-corrected chi connectivity index (χ4v) is 6.20. The number of rotatable bonds is 6. The van der Waals surface area contributed by atoms with Gasteiger partial charge in [-0.1, -0.05) is 13.8 Å². The van der Waals surface area contributed by atoms with Crippen LogP contribution >= 0.6 is 0 Å². The molecule has 9 heteroatoms. The van der Waals surface area contributed by atoms with E-state index in [9.17, 15) is 9.59 Å². The Kier molecular flexibility index (Phi) is 6.39. The second-order valence-corrected chi connectivity index (χ2v) is 10.4. The van der Waals surface area contributed by atoms with Crippen LogP contribution in [0.3, 0.4) is 0 Å². The van der Waals surface area contributed by atoms with Gasteiger partial charge in [0, 0.05) is 43.6 Å². The number of esters is 1. The van der Waals surface area contributed by atoms with Gasteiger partial charge < -0.3 is 19.5 Å². The average Bonchev–Trinajstić information content (AvgIpc) is 3.06. The molecule has 1 N–H and O–H groups in total. The predicted molar refractivity (Wildman–Crippen MR) is 118 cm³/mol. The first kappa shape index (κ1) is 23.7. The molecule has 2 bridgehead atoms. The Morgan fingerprint density at radius 3 is 2.71 bits per heavy atom. The van der Waals surface area contributed by atoms with Crippen molar-refractivity contribution < 1.29 is 33.6 Å². The molecule has 0 aromatic carbocycles. The molecule has 6 rings (SSSR count). The lowest BCUT2D eigenvalue weighted by Gasteiger charge is -2.59. The highest BCUT2D eigenvalue weighted by molar-refractivity contribution is 5.81. The van der Waals surface area contributed by atoms with Crippen LogP contribution in [0.2, 0.25) is 0 Å². The molecule has 5 heterocycles. The van der Waals surface area contributed by atoms with Crippen LogP contribution in [0.5, 0.6) is 0 Å². The van der Waals surface area contributed by atoms with Crippen molar-refractivity contribution in [2.75, 3.05) is 0 Å². The molecule has 4 saturated heterocycles. The number of fused-ring (bicyclic) bond motifs is 2. The summed E-state index contributed by atoms with van der Waals surface area (Å²) in [6.45, 7) is 6.55. The summed E-state index contributed by atoms with van der Waals surface area (Å²) in [5.41, 5.74) is 0.255. The summed E-state index contributed by atoms with van der Waals surface area (Å²) in [5, 5.41) is 2.81. The standard InChI is InChI=1S/C25H34N2O7/c1-15-4-5-19-16(2)22(31-23-25(19)18(15)8-11-24(3,32-23)33-34-25)30-21(29)7-6-20(28)27-14-17-9-12-26-13-10-17/h9-10,12-13,15-16,18-19,22-23H,4-8,11,14H2,1-3H3,(H,27,28)/t15-,16+,18-,19+,22+,23-,24-,25+/m0/s1. The molecule has 0 unspecified atom stereocenters. The van der Waals surface area contributed by atoms with E-state index in [1.807, 2.05) is 26.0 Å². The van der Waals surface area contributed by atoms with Crippen molar-refractivity contribution in [3.8, 4) is 0 Å². The molecule has 34 heavy (non-hydrogen) atoms. The van der Waals surface area contributed by atoms with E-state index in [1.165, 1.54) is 0 Å². The van der Waals surface area contributed by atoms with E-state index in [2.05, 4.69) is 17.2 Å². The van der Waals surface area contributed by atoms with E-state index in [-0.39, 0.29) is 36.5 Å². The van der Waals surface area contributed by atoms with Gasteiger partial charge in [-0.25, -0.2) is 9.78 Å². The van der Waals surface area contributed by atoms with Gasteiger partial charge in [0.25, 0.3) is 0 Å². The van der Waals surface area contributed by atoms with Crippen LogP contribution in [0, 0.1) is 23.7 Å². The van der Waals surface area contributed by atoms with Crippen LogP contribution < -0.4 is 5.32 Å². The number of carbonyl (C=O) groups excluding carboxylic acids is 2. The van der Waals surface area contributed by atoms with E-state index >= 15 is 0 Å². The Balaban J connectivity index is 1.20. The predicted octanol–water partition coefficient (Wildman–Crippen LogP) is 3.23. The summed E-state index contributed by atoms with van der Waals surface area (Å²) in [4.78, 5) is 40.7. The minimum Gasteiger partial charge on any atom is -0.435 e. The first-order valence-electron chi connectivity index (χ1n) is 12.4. The molecule has 5 fully saturated rings. The van der Waals surface area contributed by atoms with Gasteiger partial charge in [0.2, 0.25) is 18.0 Å². The Morgan fingerprint density at radius 1 is 1.12 bits per heavy atom. The monoisotopic (exact) mass is 474 g/mol. The highest BCUT2D eigenvalue weighted by Gasteiger charge is 2.69. The Labute approximate surface area is 199 Å². The zero-order valence-electron chi connectivity index (χ0n) is 20.0. The molecule has 5 aliphatic rings. The number of hydrogen-bond acceptors (Lipinski definition) is 8. The minimum atomic E-state index is -0.875. The zero-order chi connectivity index (χ0) is 23.9. The van der Waals surface area contributed by atoms with Gasteiger partial charge in [0.1, 0.15) is 0 Å². The van der Waals surface area contributed by atoms with Gasteiger partial charge in [-0.2, -0.15) is 0 Å². The lowest BCUT2D eigenvalue weighted by atomic mass is 9.58. The van der Waals surface area contributed by atoms with Gasteiger partial charge >= 0.3 is 5.97 Å². The van der Waals surface area contributed by atoms with Gasteiger partial charge in [-0.3, -0.25) is 14.6 Å². The molecule has 0 radical (unpaired) electrons. The van der Waals surface area contributed by atoms with Crippen LogP contribution in [-0.4, -0.2) is 40.8 Å². The summed E-state index contributed by atoms with van der Waals surface area (Å²) < 4.78 is 18.3. The molecule has 1 spiro atoms. The molecular weight excluding hydrogens is 440 g/mol. The Hall–Kier alpha value is -2.07. The zero-order valence-corrected chi connectivity index (χ0v) is 20.0. The normalized spacial score (nSPS) is 40.7. The highest BCUT2D eigenvalue weighted by atomic mass is 17.3. The molecule has 9 nitrogen and oxygen atoms in total. The van der Waals surface area contributed by atoms with Crippen molar-refractivity contribution in [2.24, 2.45) is 23.7 Å². The van der Waals surface area contributed by atoms with Crippen molar-refractivity contribution in [3.63, 3.8) is 0 Å². The lowest BCUT2D eigenvalue weighted by Crippen LogP contribution is -2.70. The average molecular weight is 475 g/mol. The van der Waals surface area contributed by atoms with Crippen molar-refractivity contribution >= 4 is 11.9 Å². The quantitative estimate of drug-likeness (QED) is 0.495. The summed E-state index contributed by atoms with van der Waals surface area (Å²) in [6.07, 6.45) is 5.62. The Bertz CT molecular complexity index is 914. The number of amides is 1. The van der Waals surface area contributed by atoms with Crippen LogP contribution in [0.25, 0.3) is 0 Å². The third kappa shape index (κ3) is 4.23. The third-order valence-electron chi connectivity index (χ3n) is 8.14. The third-order valence-corrected chi connectivity index (χ3v) is 8.14. The molecule has 8 atom stereocenters. The SMILES string of the molecule is C[C@H]1[C@H](OC(=O)CCC(=O)NCc2ccncc2)O[C@H]2O[C@]3(C)CC[C@H]4[C@@H](C)CC[C@H]1[C@@]24OO3. The van der Waals surface area contributed by atoms with E-state index in [0.29, 0.717) is 12.5 Å². The second kappa shape index (κ2) is 9.18. The number of carbonyl (C=O) groups is 2. The summed E-state index contributed by atoms with van der Waals surface area (Å²) in [5.74, 6) is -0.843. The van der Waals surface area contributed by atoms with E-state index < -0.39 is 29.9 Å². The van der Waals surface area contributed by atoms with Gasteiger partial charge in [0.05, 0.1) is 6.42 Å². The fraction of sp³-hybridized carbons (Fsp3) is 0.720. The molecule has 1 aromatic rings.